The van der Waals surface area contributed by atoms with E-state index in [2.05, 4.69) is 15.6 Å². The number of hydrogen-bond donors (Lipinski definition) is 3. The van der Waals surface area contributed by atoms with E-state index >= 15 is 0 Å². The topological polar surface area (TPSA) is 65.9 Å². The number of halogens is 4. The van der Waals surface area contributed by atoms with E-state index in [1.54, 1.807) is 19.1 Å². The monoisotopic (exact) mass is 461 g/mol. The summed E-state index contributed by atoms with van der Waals surface area (Å²) in [6.07, 6.45) is -5.13. The molecule has 0 radical (unpaired) electrons. The van der Waals surface area contributed by atoms with Gasteiger partial charge in [-0.15, -0.1) is 24.0 Å². The molecule has 0 saturated heterocycles. The van der Waals surface area contributed by atoms with Gasteiger partial charge in [0.1, 0.15) is 0 Å². The molecule has 0 aromatic heterocycles. The highest BCUT2D eigenvalue weighted by atomic mass is 127. The molecule has 5 nitrogen and oxygen atoms in total. The van der Waals surface area contributed by atoms with Gasteiger partial charge in [0.15, 0.2) is 17.5 Å². The predicted molar refractivity (Wildman–Crippen MR) is 98.2 cm³/mol. The number of guanidine groups is 1. The van der Waals surface area contributed by atoms with Crippen LogP contribution >= 0.6 is 24.0 Å². The van der Waals surface area contributed by atoms with Crippen molar-refractivity contribution in [1.29, 1.82) is 0 Å². The molecule has 0 aliphatic heterocycles. The minimum absolute atomic E-state index is 0. The van der Waals surface area contributed by atoms with Crippen molar-refractivity contribution in [3.05, 3.63) is 23.8 Å². The third kappa shape index (κ3) is 9.04. The Kier molecular flexibility index (Phi) is 10.6. The zero-order valence-corrected chi connectivity index (χ0v) is 15.9. The van der Waals surface area contributed by atoms with E-state index in [1.807, 2.05) is 6.92 Å². The average Bonchev–Trinajstić information content (AvgIpc) is 2.46. The number of nitrogens with zero attached hydrogens (tertiary/aromatic N) is 1. The lowest BCUT2D eigenvalue weighted by molar-refractivity contribution is -0.132. The molecule has 0 saturated carbocycles. The van der Waals surface area contributed by atoms with E-state index in [0.717, 1.165) is 5.56 Å². The fourth-order valence-electron chi connectivity index (χ4n) is 1.76. The summed E-state index contributed by atoms with van der Waals surface area (Å²) in [5, 5.41) is 15.1. The summed E-state index contributed by atoms with van der Waals surface area (Å²) >= 11 is 0. The van der Waals surface area contributed by atoms with Gasteiger partial charge in [-0.2, -0.15) is 13.2 Å². The molecule has 0 unspecified atom stereocenters. The number of ether oxygens (including phenoxy) is 1. The predicted octanol–water partition coefficient (Wildman–Crippen LogP) is 3.42. The molecule has 0 aliphatic rings. The van der Waals surface area contributed by atoms with Crippen molar-refractivity contribution in [2.45, 2.75) is 33.0 Å². The normalized spacial score (nSPS) is 11.6. The first kappa shape index (κ1) is 22.6. The zero-order valence-electron chi connectivity index (χ0n) is 13.6. The zero-order chi connectivity index (χ0) is 17.3. The van der Waals surface area contributed by atoms with Gasteiger partial charge in [0.05, 0.1) is 19.6 Å². The van der Waals surface area contributed by atoms with E-state index in [4.69, 9.17) is 4.74 Å². The Labute approximate surface area is 156 Å². The van der Waals surface area contributed by atoms with Gasteiger partial charge in [-0.25, -0.2) is 4.99 Å². The summed E-state index contributed by atoms with van der Waals surface area (Å²) in [4.78, 5) is 4.22. The molecule has 0 amide bonds. The number of nitrogens with one attached hydrogen (secondary N) is 2. The van der Waals surface area contributed by atoms with Crippen LogP contribution in [0.1, 0.15) is 25.8 Å². The molecular weight excluding hydrogens is 438 g/mol. The molecule has 1 aromatic carbocycles. The second kappa shape index (κ2) is 11.2. The number of phenols is 1. The quantitative estimate of drug-likeness (QED) is 0.331. The second-order valence-corrected chi connectivity index (χ2v) is 4.72. The highest BCUT2D eigenvalue weighted by molar-refractivity contribution is 14.0. The maximum absolute atomic E-state index is 12.2. The van der Waals surface area contributed by atoms with Gasteiger partial charge in [0, 0.05) is 13.1 Å². The fraction of sp³-hybridized carbons (Fsp3) is 0.533. The molecule has 138 valence electrons. The number of hydrogen-bond acceptors (Lipinski definition) is 3. The highest BCUT2D eigenvalue weighted by Gasteiger charge is 2.26. The fourth-order valence-corrected chi connectivity index (χ4v) is 1.76. The summed E-state index contributed by atoms with van der Waals surface area (Å²) in [6, 6.07) is 4.84. The van der Waals surface area contributed by atoms with Crippen LogP contribution < -0.4 is 15.4 Å². The summed E-state index contributed by atoms with van der Waals surface area (Å²) in [6.45, 7) is 4.60. The third-order valence-electron chi connectivity index (χ3n) is 2.79. The Bertz CT molecular complexity index is 525. The first-order valence-corrected chi connectivity index (χ1v) is 7.39. The Balaban J connectivity index is 0.00000529. The van der Waals surface area contributed by atoms with Crippen molar-refractivity contribution in [2.24, 2.45) is 4.99 Å². The Hall–Kier alpha value is -1.39. The minimum Gasteiger partial charge on any atom is -0.504 e. The van der Waals surface area contributed by atoms with Crippen molar-refractivity contribution in [2.75, 3.05) is 19.7 Å². The Morgan fingerprint density at radius 1 is 1.25 bits per heavy atom. The molecule has 1 rings (SSSR count). The van der Waals surface area contributed by atoms with Crippen LogP contribution in [0.5, 0.6) is 11.5 Å². The molecule has 9 heteroatoms. The van der Waals surface area contributed by atoms with E-state index in [1.165, 1.54) is 6.07 Å². The van der Waals surface area contributed by atoms with Crippen LogP contribution in [-0.2, 0) is 6.54 Å². The summed E-state index contributed by atoms with van der Waals surface area (Å²) in [5.41, 5.74) is 0.777. The molecule has 1 aromatic rings. The van der Waals surface area contributed by atoms with E-state index < -0.39 is 12.6 Å². The Morgan fingerprint density at radius 3 is 2.54 bits per heavy atom. The molecule has 0 spiro atoms. The van der Waals surface area contributed by atoms with Crippen LogP contribution in [0.4, 0.5) is 13.2 Å². The third-order valence-corrected chi connectivity index (χ3v) is 2.79. The van der Waals surface area contributed by atoms with Crippen LogP contribution in [0.15, 0.2) is 23.2 Å². The molecular formula is C15H23F3IN3O2. The van der Waals surface area contributed by atoms with Crippen molar-refractivity contribution < 1.29 is 23.0 Å². The van der Waals surface area contributed by atoms with Crippen LogP contribution in [0.25, 0.3) is 0 Å². The number of rotatable bonds is 7. The standard InChI is InChI=1S/C15H22F3N3O2.HI/c1-3-19-14(20-8-7-15(16,17)18)21-10-11-5-6-12(22)13(9-11)23-4-2;/h5-6,9,22H,3-4,7-8,10H2,1-2H3,(H2,19,20,21);1H. The van der Waals surface area contributed by atoms with Gasteiger partial charge in [-0.1, -0.05) is 6.07 Å². The smallest absolute Gasteiger partial charge is 0.390 e. The van der Waals surface area contributed by atoms with Crippen LogP contribution in [-0.4, -0.2) is 36.9 Å². The lowest BCUT2D eigenvalue weighted by atomic mass is 10.2. The number of benzene rings is 1. The van der Waals surface area contributed by atoms with Gasteiger partial charge >= 0.3 is 6.18 Å². The summed E-state index contributed by atoms with van der Waals surface area (Å²) in [7, 11) is 0. The molecule has 0 heterocycles. The van der Waals surface area contributed by atoms with Gasteiger partial charge in [-0.3, -0.25) is 0 Å². The number of phenolic OH excluding ortho intramolecular Hbond substituents is 1. The minimum atomic E-state index is -4.20. The summed E-state index contributed by atoms with van der Waals surface area (Å²) < 4.78 is 41.8. The van der Waals surface area contributed by atoms with Crippen LogP contribution in [0, 0.1) is 0 Å². The van der Waals surface area contributed by atoms with Crippen LogP contribution in [0.2, 0.25) is 0 Å². The first-order valence-electron chi connectivity index (χ1n) is 7.39. The molecule has 0 aliphatic carbocycles. The van der Waals surface area contributed by atoms with Gasteiger partial charge < -0.3 is 20.5 Å². The molecule has 0 fully saturated rings. The number of aromatic hydroxyl groups is 1. The van der Waals surface area contributed by atoms with Gasteiger partial charge in [0.25, 0.3) is 0 Å². The van der Waals surface area contributed by atoms with Crippen molar-refractivity contribution in [3.8, 4) is 11.5 Å². The highest BCUT2D eigenvalue weighted by Crippen LogP contribution is 2.27. The lowest BCUT2D eigenvalue weighted by Gasteiger charge is -2.13. The SMILES string of the molecule is CCNC(=NCc1ccc(O)c(OCC)c1)NCCC(F)(F)F.I. The van der Waals surface area contributed by atoms with Crippen molar-refractivity contribution >= 4 is 29.9 Å². The average molecular weight is 461 g/mol. The van der Waals surface area contributed by atoms with Crippen molar-refractivity contribution in [3.63, 3.8) is 0 Å². The maximum atomic E-state index is 12.2. The summed E-state index contributed by atoms with van der Waals surface area (Å²) in [5.74, 6) is 0.702. The van der Waals surface area contributed by atoms with Gasteiger partial charge in [-0.05, 0) is 31.5 Å². The Morgan fingerprint density at radius 2 is 1.96 bits per heavy atom. The number of aliphatic imine (C=N–C) groups is 1. The first-order chi connectivity index (χ1) is 10.9. The van der Waals surface area contributed by atoms with Crippen LogP contribution in [0.3, 0.4) is 0 Å². The lowest BCUT2D eigenvalue weighted by Crippen LogP contribution is -2.38. The number of alkyl halides is 3. The molecule has 24 heavy (non-hydrogen) atoms. The van der Waals surface area contributed by atoms with E-state index in [-0.39, 0.29) is 42.8 Å². The molecule has 0 atom stereocenters. The molecule has 3 N–H and O–H groups in total. The largest absolute Gasteiger partial charge is 0.504 e. The van der Waals surface area contributed by atoms with Gasteiger partial charge in [0.2, 0.25) is 0 Å². The van der Waals surface area contributed by atoms with E-state index in [0.29, 0.717) is 24.9 Å². The van der Waals surface area contributed by atoms with Crippen molar-refractivity contribution in [1.82, 2.24) is 10.6 Å². The van der Waals surface area contributed by atoms with E-state index in [9.17, 15) is 18.3 Å². The second-order valence-electron chi connectivity index (χ2n) is 4.72. The maximum Gasteiger partial charge on any atom is 0.390 e. The molecule has 0 bridgehead atoms.